The zero-order valence-corrected chi connectivity index (χ0v) is 17.3. The molecule has 2 heterocycles. The molecule has 0 saturated carbocycles. The van der Waals surface area contributed by atoms with Gasteiger partial charge in [0.2, 0.25) is 5.95 Å². The first-order valence-electron chi connectivity index (χ1n) is 9.85. The van der Waals surface area contributed by atoms with E-state index in [1.165, 1.54) is 5.69 Å². The third-order valence-electron chi connectivity index (χ3n) is 4.57. The quantitative estimate of drug-likeness (QED) is 0.553. The molecule has 1 saturated heterocycles. The Bertz CT molecular complexity index is 928. The van der Waals surface area contributed by atoms with Crippen LogP contribution in [0.4, 0.5) is 23.0 Å². The van der Waals surface area contributed by atoms with Crippen LogP contribution in [0.15, 0.2) is 70.7 Å². The molecule has 2 N–H and O–H groups in total. The first-order valence-corrected chi connectivity index (χ1v) is 10.7. The van der Waals surface area contributed by atoms with Gasteiger partial charge in [-0.2, -0.15) is 0 Å². The van der Waals surface area contributed by atoms with Gasteiger partial charge in [0.05, 0.1) is 13.2 Å². The summed E-state index contributed by atoms with van der Waals surface area (Å²) >= 11 is 1.62. The lowest BCUT2D eigenvalue weighted by atomic mass is 10.2. The molecule has 1 fully saturated rings. The Labute approximate surface area is 175 Å². The van der Waals surface area contributed by atoms with Crippen LogP contribution in [0.2, 0.25) is 0 Å². The Kier molecular flexibility index (Phi) is 6.49. The molecule has 0 bridgehead atoms. The molecule has 0 atom stereocenters. The van der Waals surface area contributed by atoms with Crippen molar-refractivity contribution >= 4 is 34.8 Å². The van der Waals surface area contributed by atoms with Gasteiger partial charge in [-0.25, -0.2) is 9.97 Å². The standard InChI is InChI=1S/C22H25N5OS/c1-2-23-18-4-3-5-20(16-18)29-21-10-11-24-22(26-21)25-17-6-8-19(9-7-17)27-12-14-28-15-13-27/h3-11,16,23H,2,12-15H2,1H3,(H,24,25,26). The molecule has 1 aliphatic rings. The number of hydrogen-bond acceptors (Lipinski definition) is 7. The summed E-state index contributed by atoms with van der Waals surface area (Å²) in [6.45, 7) is 6.44. The van der Waals surface area contributed by atoms with Gasteiger partial charge in [-0.15, -0.1) is 0 Å². The molecule has 4 rings (SSSR count). The predicted molar refractivity (Wildman–Crippen MR) is 120 cm³/mol. The van der Waals surface area contributed by atoms with Crippen LogP contribution in [-0.2, 0) is 4.74 Å². The highest BCUT2D eigenvalue weighted by molar-refractivity contribution is 7.99. The van der Waals surface area contributed by atoms with Crippen molar-refractivity contribution in [1.29, 1.82) is 0 Å². The van der Waals surface area contributed by atoms with Crippen molar-refractivity contribution < 1.29 is 4.74 Å². The van der Waals surface area contributed by atoms with E-state index in [0.29, 0.717) is 5.95 Å². The van der Waals surface area contributed by atoms with E-state index in [2.05, 4.69) is 81.0 Å². The summed E-state index contributed by atoms with van der Waals surface area (Å²) in [7, 11) is 0. The smallest absolute Gasteiger partial charge is 0.228 e. The topological polar surface area (TPSA) is 62.3 Å². The average Bonchev–Trinajstić information content (AvgIpc) is 2.76. The molecular weight excluding hydrogens is 382 g/mol. The van der Waals surface area contributed by atoms with Gasteiger partial charge in [0.25, 0.3) is 0 Å². The number of anilines is 4. The number of morpholine rings is 1. The molecule has 0 amide bonds. The van der Waals surface area contributed by atoms with E-state index in [-0.39, 0.29) is 0 Å². The molecule has 2 aromatic carbocycles. The summed E-state index contributed by atoms with van der Waals surface area (Å²) in [6, 6.07) is 18.6. The largest absolute Gasteiger partial charge is 0.385 e. The minimum absolute atomic E-state index is 0.594. The van der Waals surface area contributed by atoms with E-state index >= 15 is 0 Å². The fourth-order valence-corrected chi connectivity index (χ4v) is 3.99. The highest BCUT2D eigenvalue weighted by Gasteiger charge is 2.11. The van der Waals surface area contributed by atoms with Crippen molar-refractivity contribution in [2.24, 2.45) is 0 Å². The second kappa shape index (κ2) is 9.62. The zero-order chi connectivity index (χ0) is 19.9. The van der Waals surface area contributed by atoms with Crippen LogP contribution < -0.4 is 15.5 Å². The van der Waals surface area contributed by atoms with Crippen molar-refractivity contribution in [2.45, 2.75) is 16.8 Å². The van der Waals surface area contributed by atoms with Gasteiger partial charge in [0, 0.05) is 47.8 Å². The van der Waals surface area contributed by atoms with Gasteiger partial charge in [-0.05, 0) is 55.5 Å². The number of hydrogen-bond donors (Lipinski definition) is 2. The Morgan fingerprint density at radius 3 is 2.66 bits per heavy atom. The molecule has 0 radical (unpaired) electrons. The average molecular weight is 408 g/mol. The third kappa shape index (κ3) is 5.40. The van der Waals surface area contributed by atoms with Crippen LogP contribution in [0.3, 0.4) is 0 Å². The SMILES string of the molecule is CCNc1cccc(Sc2ccnc(Nc3ccc(N4CCOCC4)cc3)n2)c1. The maximum atomic E-state index is 5.42. The minimum atomic E-state index is 0.594. The summed E-state index contributed by atoms with van der Waals surface area (Å²) < 4.78 is 5.42. The van der Waals surface area contributed by atoms with Crippen molar-refractivity contribution in [3.05, 3.63) is 60.8 Å². The van der Waals surface area contributed by atoms with E-state index in [1.807, 2.05) is 6.07 Å². The van der Waals surface area contributed by atoms with E-state index < -0.39 is 0 Å². The summed E-state index contributed by atoms with van der Waals surface area (Å²) in [5.41, 5.74) is 3.30. The fourth-order valence-electron chi connectivity index (χ4n) is 3.16. The number of benzene rings is 2. The molecule has 0 aliphatic carbocycles. The summed E-state index contributed by atoms with van der Waals surface area (Å²) in [5.74, 6) is 0.594. The van der Waals surface area contributed by atoms with Gasteiger partial charge in [0.15, 0.2) is 0 Å². The number of rotatable bonds is 7. The lowest BCUT2D eigenvalue weighted by Gasteiger charge is -2.28. The maximum absolute atomic E-state index is 5.42. The maximum Gasteiger partial charge on any atom is 0.228 e. The van der Waals surface area contributed by atoms with Gasteiger partial charge in [-0.1, -0.05) is 17.8 Å². The van der Waals surface area contributed by atoms with Crippen LogP contribution in [0.1, 0.15) is 6.92 Å². The van der Waals surface area contributed by atoms with Crippen molar-refractivity contribution in [1.82, 2.24) is 9.97 Å². The lowest BCUT2D eigenvalue weighted by Crippen LogP contribution is -2.36. The van der Waals surface area contributed by atoms with Crippen LogP contribution in [0, 0.1) is 0 Å². The number of nitrogens with zero attached hydrogens (tertiary/aromatic N) is 3. The molecule has 1 aliphatic heterocycles. The summed E-state index contributed by atoms with van der Waals surface area (Å²) in [4.78, 5) is 12.5. The summed E-state index contributed by atoms with van der Waals surface area (Å²) in [5, 5.41) is 7.54. The predicted octanol–water partition coefficient (Wildman–Crippen LogP) is 4.64. The van der Waals surface area contributed by atoms with Gasteiger partial charge in [-0.3, -0.25) is 0 Å². The first-order chi connectivity index (χ1) is 14.3. The third-order valence-corrected chi connectivity index (χ3v) is 5.49. The molecule has 150 valence electrons. The summed E-state index contributed by atoms with van der Waals surface area (Å²) in [6.07, 6.45) is 1.79. The number of nitrogens with one attached hydrogen (secondary N) is 2. The molecule has 6 nitrogen and oxygen atoms in total. The van der Waals surface area contributed by atoms with Crippen molar-refractivity contribution in [3.63, 3.8) is 0 Å². The van der Waals surface area contributed by atoms with Gasteiger partial charge < -0.3 is 20.3 Å². The van der Waals surface area contributed by atoms with Crippen molar-refractivity contribution in [3.8, 4) is 0 Å². The Morgan fingerprint density at radius 1 is 1.03 bits per heavy atom. The minimum Gasteiger partial charge on any atom is -0.385 e. The van der Waals surface area contributed by atoms with Crippen molar-refractivity contribution in [2.75, 3.05) is 48.4 Å². The second-order valence-electron chi connectivity index (χ2n) is 6.65. The van der Waals surface area contributed by atoms with E-state index in [4.69, 9.17) is 4.74 Å². The molecule has 0 spiro atoms. The van der Waals surface area contributed by atoms with Crippen LogP contribution in [0.25, 0.3) is 0 Å². The lowest BCUT2D eigenvalue weighted by molar-refractivity contribution is 0.122. The van der Waals surface area contributed by atoms with Gasteiger partial charge in [0.1, 0.15) is 5.03 Å². The Hall–Kier alpha value is -2.77. The van der Waals surface area contributed by atoms with E-state index in [0.717, 1.165) is 54.1 Å². The normalized spacial score (nSPS) is 13.9. The van der Waals surface area contributed by atoms with Gasteiger partial charge >= 0.3 is 0 Å². The number of aromatic nitrogens is 2. The second-order valence-corrected chi connectivity index (χ2v) is 7.74. The molecule has 7 heteroatoms. The fraction of sp³-hybridized carbons (Fsp3) is 0.273. The molecular formula is C22H25N5OS. The van der Waals surface area contributed by atoms with Crippen LogP contribution >= 0.6 is 11.8 Å². The Morgan fingerprint density at radius 2 is 1.86 bits per heavy atom. The first kappa shape index (κ1) is 19.5. The molecule has 3 aromatic rings. The highest BCUT2D eigenvalue weighted by atomic mass is 32.2. The van der Waals surface area contributed by atoms with E-state index in [9.17, 15) is 0 Å². The molecule has 29 heavy (non-hydrogen) atoms. The molecule has 1 aromatic heterocycles. The van der Waals surface area contributed by atoms with Crippen LogP contribution in [0.5, 0.6) is 0 Å². The zero-order valence-electron chi connectivity index (χ0n) is 16.5. The monoisotopic (exact) mass is 407 g/mol. The van der Waals surface area contributed by atoms with Crippen LogP contribution in [-0.4, -0.2) is 42.8 Å². The van der Waals surface area contributed by atoms with E-state index in [1.54, 1.807) is 18.0 Å². The Balaban J connectivity index is 1.41. The number of ether oxygens (including phenoxy) is 1. The highest BCUT2D eigenvalue weighted by Crippen LogP contribution is 2.29. The molecule has 0 unspecified atom stereocenters.